The van der Waals surface area contributed by atoms with Gasteiger partial charge in [-0.25, -0.2) is 0 Å². The molecule has 0 saturated carbocycles. The van der Waals surface area contributed by atoms with Gasteiger partial charge in [-0.05, 0) is 64.6 Å². The summed E-state index contributed by atoms with van der Waals surface area (Å²) < 4.78 is 1.22. The van der Waals surface area contributed by atoms with Crippen molar-refractivity contribution >= 4 is 40.3 Å². The number of aliphatic carboxylic acids is 1. The largest absolute Gasteiger partial charge is 0.481 e. The van der Waals surface area contributed by atoms with Crippen LogP contribution < -0.4 is 0 Å². The van der Waals surface area contributed by atoms with Crippen molar-refractivity contribution in [2.45, 2.75) is 16.2 Å². The van der Waals surface area contributed by atoms with Gasteiger partial charge in [0.2, 0.25) is 0 Å². The Kier molecular flexibility index (Phi) is 4.66. The molecular weight excluding hydrogens is 359 g/mol. The van der Waals surface area contributed by atoms with Crippen LogP contribution in [0.25, 0.3) is 0 Å². The number of halogens is 1. The molecule has 0 aliphatic carbocycles. The summed E-state index contributed by atoms with van der Waals surface area (Å²) in [6.45, 7) is 0. The average Bonchev–Trinajstić information content (AvgIpc) is 2.34. The van der Waals surface area contributed by atoms with Crippen molar-refractivity contribution in [1.29, 1.82) is 0 Å². The first kappa shape index (κ1) is 13.4. The van der Waals surface area contributed by atoms with Crippen LogP contribution in [-0.4, -0.2) is 11.1 Å². The molecule has 4 heteroatoms. The van der Waals surface area contributed by atoms with E-state index in [9.17, 15) is 4.79 Å². The highest BCUT2D eigenvalue weighted by Gasteiger charge is 2.01. The predicted molar refractivity (Wildman–Crippen MR) is 81.1 cm³/mol. The molecule has 0 fully saturated rings. The second-order valence-electron chi connectivity index (χ2n) is 3.77. The number of benzene rings is 2. The lowest BCUT2D eigenvalue weighted by Crippen LogP contribution is -1.99. The molecule has 0 amide bonds. The van der Waals surface area contributed by atoms with Crippen molar-refractivity contribution in [2.24, 2.45) is 0 Å². The molecule has 0 bridgehead atoms. The second-order valence-corrected chi connectivity index (χ2v) is 6.16. The molecule has 2 nitrogen and oxygen atoms in total. The maximum atomic E-state index is 10.6. The molecule has 2 aromatic rings. The lowest BCUT2D eigenvalue weighted by atomic mass is 10.2. The highest BCUT2D eigenvalue weighted by molar-refractivity contribution is 14.1. The van der Waals surface area contributed by atoms with Crippen molar-refractivity contribution in [3.05, 3.63) is 57.7 Å². The minimum atomic E-state index is -0.798. The maximum absolute atomic E-state index is 10.6. The van der Waals surface area contributed by atoms with E-state index in [1.165, 1.54) is 8.47 Å². The summed E-state index contributed by atoms with van der Waals surface area (Å²) in [6.07, 6.45) is 0.0779. The molecule has 2 rings (SSSR count). The Morgan fingerprint density at radius 2 is 1.50 bits per heavy atom. The van der Waals surface area contributed by atoms with Gasteiger partial charge in [-0.15, -0.1) is 0 Å². The fourth-order valence-corrected chi connectivity index (χ4v) is 2.66. The summed E-state index contributed by atoms with van der Waals surface area (Å²) in [5.74, 6) is -0.798. The SMILES string of the molecule is O=C(O)Cc1ccc(Sc2ccc(I)cc2)cc1. The van der Waals surface area contributed by atoms with Gasteiger partial charge in [-0.3, -0.25) is 4.79 Å². The topological polar surface area (TPSA) is 37.3 Å². The third-order valence-corrected chi connectivity index (χ3v) is 4.06. The molecule has 0 aromatic heterocycles. The van der Waals surface area contributed by atoms with E-state index >= 15 is 0 Å². The Balaban J connectivity index is 2.06. The fraction of sp³-hybridized carbons (Fsp3) is 0.0714. The normalized spacial score (nSPS) is 10.3. The number of hydrogen-bond acceptors (Lipinski definition) is 2. The quantitative estimate of drug-likeness (QED) is 0.825. The molecule has 0 unspecified atom stereocenters. The molecule has 0 radical (unpaired) electrons. The van der Waals surface area contributed by atoms with E-state index in [4.69, 9.17) is 5.11 Å². The number of carboxylic acid groups (broad SMARTS) is 1. The van der Waals surface area contributed by atoms with Crippen molar-refractivity contribution in [3.63, 3.8) is 0 Å². The van der Waals surface area contributed by atoms with Crippen molar-refractivity contribution in [3.8, 4) is 0 Å². The van der Waals surface area contributed by atoms with Gasteiger partial charge in [-0.2, -0.15) is 0 Å². The fourth-order valence-electron chi connectivity index (χ4n) is 1.49. The molecule has 0 aliphatic heterocycles. The van der Waals surface area contributed by atoms with Crippen LogP contribution in [0.4, 0.5) is 0 Å². The van der Waals surface area contributed by atoms with Crippen LogP contribution in [0.1, 0.15) is 5.56 Å². The summed E-state index contributed by atoms with van der Waals surface area (Å²) >= 11 is 3.95. The molecule has 0 heterocycles. The van der Waals surface area contributed by atoms with Gasteiger partial charge < -0.3 is 5.11 Å². The Bertz CT molecular complexity index is 535. The van der Waals surface area contributed by atoms with Crippen molar-refractivity contribution in [1.82, 2.24) is 0 Å². The number of carboxylic acids is 1. The average molecular weight is 370 g/mol. The Morgan fingerprint density at radius 3 is 2.00 bits per heavy atom. The summed E-state index contributed by atoms with van der Waals surface area (Å²) in [7, 11) is 0. The Labute approximate surface area is 124 Å². The number of rotatable bonds is 4. The molecule has 18 heavy (non-hydrogen) atoms. The van der Waals surface area contributed by atoms with Crippen molar-refractivity contribution < 1.29 is 9.90 Å². The van der Waals surface area contributed by atoms with Crippen LogP contribution >= 0.6 is 34.4 Å². The zero-order valence-electron chi connectivity index (χ0n) is 9.47. The smallest absolute Gasteiger partial charge is 0.307 e. The lowest BCUT2D eigenvalue weighted by Gasteiger charge is -2.03. The minimum absolute atomic E-state index is 0.0779. The predicted octanol–water partition coefficient (Wildman–Crippen LogP) is 4.07. The minimum Gasteiger partial charge on any atom is -0.481 e. The molecule has 92 valence electrons. The summed E-state index contributed by atoms with van der Waals surface area (Å²) in [5.41, 5.74) is 0.828. The maximum Gasteiger partial charge on any atom is 0.307 e. The van der Waals surface area contributed by atoms with Crippen LogP contribution in [0.5, 0.6) is 0 Å². The van der Waals surface area contributed by atoms with Gasteiger partial charge in [-0.1, -0.05) is 23.9 Å². The van der Waals surface area contributed by atoms with Crippen LogP contribution in [0.2, 0.25) is 0 Å². The summed E-state index contributed by atoms with van der Waals surface area (Å²) in [6, 6.07) is 16.0. The first-order chi connectivity index (χ1) is 8.63. The summed E-state index contributed by atoms with van der Waals surface area (Å²) in [4.78, 5) is 12.9. The third kappa shape index (κ3) is 4.03. The lowest BCUT2D eigenvalue weighted by molar-refractivity contribution is -0.136. The second kappa shape index (κ2) is 6.24. The van der Waals surface area contributed by atoms with Gasteiger partial charge in [0, 0.05) is 13.4 Å². The van der Waals surface area contributed by atoms with E-state index in [0.717, 1.165) is 10.5 Å². The molecule has 2 aromatic carbocycles. The van der Waals surface area contributed by atoms with Crippen LogP contribution in [0.3, 0.4) is 0 Å². The Hall–Kier alpha value is -1.01. The molecular formula is C14H11IO2S. The van der Waals surface area contributed by atoms with E-state index in [2.05, 4.69) is 46.9 Å². The summed E-state index contributed by atoms with van der Waals surface area (Å²) in [5, 5.41) is 8.69. The van der Waals surface area contributed by atoms with E-state index in [1.807, 2.05) is 24.3 Å². The van der Waals surface area contributed by atoms with E-state index in [0.29, 0.717) is 0 Å². The van der Waals surface area contributed by atoms with E-state index < -0.39 is 5.97 Å². The highest BCUT2D eigenvalue weighted by Crippen LogP contribution is 2.28. The first-order valence-electron chi connectivity index (χ1n) is 5.37. The van der Waals surface area contributed by atoms with Gasteiger partial charge in [0.25, 0.3) is 0 Å². The standard InChI is InChI=1S/C14H11IO2S/c15-11-3-7-13(8-4-11)18-12-5-1-10(2-6-12)9-14(16)17/h1-8H,9H2,(H,16,17). The van der Waals surface area contributed by atoms with Gasteiger partial charge in [0.05, 0.1) is 6.42 Å². The number of carbonyl (C=O) groups is 1. The Morgan fingerprint density at radius 1 is 1.00 bits per heavy atom. The first-order valence-corrected chi connectivity index (χ1v) is 7.27. The van der Waals surface area contributed by atoms with Crippen LogP contribution in [-0.2, 0) is 11.2 Å². The van der Waals surface area contributed by atoms with Crippen molar-refractivity contribution in [2.75, 3.05) is 0 Å². The van der Waals surface area contributed by atoms with Gasteiger partial charge >= 0.3 is 5.97 Å². The van der Waals surface area contributed by atoms with E-state index in [-0.39, 0.29) is 6.42 Å². The number of hydrogen-bond donors (Lipinski definition) is 1. The molecule has 0 spiro atoms. The molecule has 0 saturated heterocycles. The van der Waals surface area contributed by atoms with E-state index in [1.54, 1.807) is 11.8 Å². The monoisotopic (exact) mass is 370 g/mol. The zero-order chi connectivity index (χ0) is 13.0. The highest BCUT2D eigenvalue weighted by atomic mass is 127. The molecule has 0 atom stereocenters. The zero-order valence-corrected chi connectivity index (χ0v) is 12.4. The third-order valence-electron chi connectivity index (χ3n) is 2.33. The van der Waals surface area contributed by atoms with Crippen LogP contribution in [0.15, 0.2) is 58.3 Å². The van der Waals surface area contributed by atoms with Gasteiger partial charge in [0.1, 0.15) is 0 Å². The molecule has 0 aliphatic rings. The van der Waals surface area contributed by atoms with Gasteiger partial charge in [0.15, 0.2) is 0 Å². The molecule has 1 N–H and O–H groups in total. The van der Waals surface area contributed by atoms with Crippen LogP contribution in [0, 0.1) is 3.57 Å².